The van der Waals surface area contributed by atoms with Gasteiger partial charge in [0.2, 0.25) is 0 Å². The largest absolute Gasteiger partial charge is 0.272 e. The molecule has 1 aromatic heterocycles. The Bertz CT molecular complexity index is 430. The summed E-state index contributed by atoms with van der Waals surface area (Å²) in [5.41, 5.74) is 1.73. The highest BCUT2D eigenvalue weighted by Gasteiger charge is 2.12. The van der Waals surface area contributed by atoms with Crippen molar-refractivity contribution in [1.29, 1.82) is 0 Å². The zero-order valence-corrected chi connectivity index (χ0v) is 12.7. The molecule has 0 aromatic carbocycles. The number of hydrogen-bond donors (Lipinski definition) is 0. The number of rotatable bonds is 3. The molecule has 0 aliphatic heterocycles. The van der Waals surface area contributed by atoms with Crippen molar-refractivity contribution in [1.82, 2.24) is 9.78 Å². The van der Waals surface area contributed by atoms with Gasteiger partial charge in [-0.1, -0.05) is 26.7 Å². The van der Waals surface area contributed by atoms with Crippen LogP contribution in [-0.4, -0.2) is 9.78 Å². The SMILES string of the molecule is CC(C)(C)C#CCCn1cc(CC(C)(C)C)cn1. The van der Waals surface area contributed by atoms with Crippen molar-refractivity contribution in [2.24, 2.45) is 10.8 Å². The first-order chi connectivity index (χ1) is 8.16. The molecule has 2 nitrogen and oxygen atoms in total. The van der Waals surface area contributed by atoms with Gasteiger partial charge in [0.25, 0.3) is 0 Å². The molecule has 0 aliphatic carbocycles. The Morgan fingerprint density at radius 1 is 1.17 bits per heavy atom. The van der Waals surface area contributed by atoms with Gasteiger partial charge < -0.3 is 0 Å². The molecular weight excluding hydrogens is 220 g/mol. The third kappa shape index (κ3) is 6.49. The van der Waals surface area contributed by atoms with Crippen LogP contribution >= 0.6 is 0 Å². The van der Waals surface area contributed by atoms with Gasteiger partial charge in [-0.25, -0.2) is 0 Å². The van der Waals surface area contributed by atoms with Gasteiger partial charge >= 0.3 is 0 Å². The summed E-state index contributed by atoms with van der Waals surface area (Å²) >= 11 is 0. The zero-order chi connectivity index (χ0) is 13.8. The first-order valence-corrected chi connectivity index (χ1v) is 6.67. The van der Waals surface area contributed by atoms with E-state index in [0.717, 1.165) is 19.4 Å². The molecule has 18 heavy (non-hydrogen) atoms. The van der Waals surface area contributed by atoms with E-state index in [4.69, 9.17) is 0 Å². The van der Waals surface area contributed by atoms with Crippen LogP contribution in [0.15, 0.2) is 12.4 Å². The number of aromatic nitrogens is 2. The van der Waals surface area contributed by atoms with E-state index in [1.807, 2.05) is 10.9 Å². The third-order valence-electron chi connectivity index (χ3n) is 2.35. The minimum Gasteiger partial charge on any atom is -0.272 e. The summed E-state index contributed by atoms with van der Waals surface area (Å²) in [5, 5.41) is 4.38. The van der Waals surface area contributed by atoms with E-state index in [2.05, 4.69) is 64.7 Å². The summed E-state index contributed by atoms with van der Waals surface area (Å²) < 4.78 is 2.00. The van der Waals surface area contributed by atoms with E-state index in [-0.39, 0.29) is 5.41 Å². The van der Waals surface area contributed by atoms with Gasteiger partial charge in [-0.15, -0.1) is 5.92 Å². The average Bonchev–Trinajstić information content (AvgIpc) is 2.56. The van der Waals surface area contributed by atoms with Gasteiger partial charge in [-0.3, -0.25) is 4.68 Å². The molecule has 0 amide bonds. The van der Waals surface area contributed by atoms with Crippen molar-refractivity contribution in [2.45, 2.75) is 60.9 Å². The molecule has 0 saturated carbocycles. The lowest BCUT2D eigenvalue weighted by molar-refractivity contribution is 0.411. The molecule has 0 radical (unpaired) electrons. The highest BCUT2D eigenvalue weighted by Crippen LogP contribution is 2.19. The molecule has 1 heterocycles. The highest BCUT2D eigenvalue weighted by atomic mass is 15.3. The Hall–Kier alpha value is -1.23. The van der Waals surface area contributed by atoms with Crippen LogP contribution < -0.4 is 0 Å². The van der Waals surface area contributed by atoms with Crippen LogP contribution in [0, 0.1) is 22.7 Å². The molecule has 0 saturated heterocycles. The monoisotopic (exact) mass is 246 g/mol. The lowest BCUT2D eigenvalue weighted by Gasteiger charge is -2.16. The Balaban J connectivity index is 2.47. The second-order valence-electron chi connectivity index (χ2n) is 7.15. The van der Waals surface area contributed by atoms with E-state index < -0.39 is 0 Å². The summed E-state index contributed by atoms with van der Waals surface area (Å²) in [5.74, 6) is 6.47. The molecule has 0 aliphatic rings. The fraction of sp³-hybridized carbons (Fsp3) is 0.688. The minimum atomic E-state index is 0.0987. The maximum atomic E-state index is 4.38. The molecule has 2 heteroatoms. The van der Waals surface area contributed by atoms with E-state index in [1.54, 1.807) is 0 Å². The molecule has 0 spiro atoms. The molecule has 1 rings (SSSR count). The molecule has 0 bridgehead atoms. The topological polar surface area (TPSA) is 17.8 Å². The second-order valence-corrected chi connectivity index (χ2v) is 7.15. The maximum absolute atomic E-state index is 4.38. The normalized spacial score (nSPS) is 12.1. The molecule has 1 aromatic rings. The first-order valence-electron chi connectivity index (χ1n) is 6.67. The number of aryl methyl sites for hydroxylation is 1. The lowest BCUT2D eigenvalue weighted by Crippen LogP contribution is -2.08. The van der Waals surface area contributed by atoms with Gasteiger partial charge in [0.05, 0.1) is 12.7 Å². The lowest BCUT2D eigenvalue weighted by atomic mass is 9.89. The quantitative estimate of drug-likeness (QED) is 0.739. The van der Waals surface area contributed by atoms with Gasteiger partial charge in [-0.05, 0) is 38.2 Å². The first kappa shape index (κ1) is 14.8. The van der Waals surface area contributed by atoms with Crippen LogP contribution in [0.3, 0.4) is 0 Å². The maximum Gasteiger partial charge on any atom is 0.0521 e. The fourth-order valence-electron chi connectivity index (χ4n) is 1.73. The predicted molar refractivity (Wildman–Crippen MR) is 77.2 cm³/mol. The van der Waals surface area contributed by atoms with Gasteiger partial charge in [-0.2, -0.15) is 5.10 Å². The standard InChI is InChI=1S/C16H26N2/c1-15(2,3)9-7-8-10-18-13-14(12-17-18)11-16(4,5)6/h12-13H,8,10-11H2,1-6H3. The third-order valence-corrected chi connectivity index (χ3v) is 2.35. The van der Waals surface area contributed by atoms with E-state index >= 15 is 0 Å². The van der Waals surface area contributed by atoms with Crippen LogP contribution in [-0.2, 0) is 13.0 Å². The Labute approximate surface area is 112 Å². The Morgan fingerprint density at radius 2 is 1.83 bits per heavy atom. The van der Waals surface area contributed by atoms with Crippen molar-refractivity contribution >= 4 is 0 Å². The van der Waals surface area contributed by atoms with Crippen molar-refractivity contribution in [3.63, 3.8) is 0 Å². The molecule has 0 fully saturated rings. The van der Waals surface area contributed by atoms with Crippen LogP contribution in [0.25, 0.3) is 0 Å². The number of hydrogen-bond acceptors (Lipinski definition) is 1. The summed E-state index contributed by atoms with van der Waals surface area (Å²) in [6.07, 6.45) is 6.06. The summed E-state index contributed by atoms with van der Waals surface area (Å²) in [4.78, 5) is 0. The minimum absolute atomic E-state index is 0.0987. The molecule has 0 N–H and O–H groups in total. The van der Waals surface area contributed by atoms with E-state index in [1.165, 1.54) is 5.56 Å². The van der Waals surface area contributed by atoms with Crippen molar-refractivity contribution in [2.75, 3.05) is 0 Å². The molecule has 0 unspecified atom stereocenters. The van der Waals surface area contributed by atoms with Gasteiger partial charge in [0, 0.05) is 18.0 Å². The van der Waals surface area contributed by atoms with Crippen LogP contribution in [0.4, 0.5) is 0 Å². The van der Waals surface area contributed by atoms with Gasteiger partial charge in [0.1, 0.15) is 0 Å². The van der Waals surface area contributed by atoms with Crippen molar-refractivity contribution < 1.29 is 0 Å². The van der Waals surface area contributed by atoms with Crippen molar-refractivity contribution in [3.05, 3.63) is 18.0 Å². The molecular formula is C16H26N2. The zero-order valence-electron chi connectivity index (χ0n) is 12.7. The van der Waals surface area contributed by atoms with Crippen LogP contribution in [0.2, 0.25) is 0 Å². The fourth-order valence-corrected chi connectivity index (χ4v) is 1.73. The van der Waals surface area contributed by atoms with E-state index in [0.29, 0.717) is 5.41 Å². The Morgan fingerprint density at radius 3 is 2.39 bits per heavy atom. The molecule has 0 atom stereocenters. The number of nitrogens with zero attached hydrogens (tertiary/aromatic N) is 2. The summed E-state index contributed by atoms with van der Waals surface area (Å²) in [6.45, 7) is 14.0. The highest BCUT2D eigenvalue weighted by molar-refractivity contribution is 5.08. The summed E-state index contributed by atoms with van der Waals surface area (Å²) in [6, 6.07) is 0. The predicted octanol–water partition coefficient (Wildman–Crippen LogP) is 3.91. The average molecular weight is 246 g/mol. The van der Waals surface area contributed by atoms with Crippen molar-refractivity contribution in [3.8, 4) is 11.8 Å². The van der Waals surface area contributed by atoms with E-state index in [9.17, 15) is 0 Å². The summed E-state index contributed by atoms with van der Waals surface area (Å²) in [7, 11) is 0. The van der Waals surface area contributed by atoms with Crippen LogP contribution in [0.5, 0.6) is 0 Å². The van der Waals surface area contributed by atoms with Gasteiger partial charge in [0.15, 0.2) is 0 Å². The smallest absolute Gasteiger partial charge is 0.0521 e. The van der Waals surface area contributed by atoms with Crippen LogP contribution in [0.1, 0.15) is 53.5 Å². The Kier molecular flexibility index (Phi) is 4.62. The molecule has 100 valence electrons. The second kappa shape index (κ2) is 5.61.